The molecule has 0 saturated carbocycles. The molecule has 25 heavy (non-hydrogen) atoms. The van der Waals surface area contributed by atoms with Crippen molar-refractivity contribution in [1.29, 1.82) is 0 Å². The summed E-state index contributed by atoms with van der Waals surface area (Å²) in [5.41, 5.74) is 0.133. The number of anilines is 1. The fourth-order valence-electron chi connectivity index (χ4n) is 3.83. The Labute approximate surface area is 146 Å². The van der Waals surface area contributed by atoms with E-state index < -0.39 is 5.82 Å². The fourth-order valence-corrected chi connectivity index (χ4v) is 3.83. The lowest BCUT2D eigenvalue weighted by Gasteiger charge is -2.58. The summed E-state index contributed by atoms with van der Waals surface area (Å²) in [5, 5.41) is 0. The van der Waals surface area contributed by atoms with E-state index in [1.54, 1.807) is 6.20 Å². The number of likely N-dealkylation sites (tertiary alicyclic amines) is 1. The lowest BCUT2D eigenvalue weighted by molar-refractivity contribution is 0.00520. The predicted molar refractivity (Wildman–Crippen MR) is 92.0 cm³/mol. The molecule has 0 radical (unpaired) electrons. The van der Waals surface area contributed by atoms with Crippen LogP contribution < -0.4 is 9.64 Å². The van der Waals surface area contributed by atoms with E-state index in [0.717, 1.165) is 32.5 Å². The standard InChI is InChI=1S/C18H22FN5O/c1-23-7-5-14(11-25-16-4-2-3-6-20-16)8-18(23)12-24(13-18)17-21-9-15(19)10-22-17/h2-4,6,9-10,14H,5,7-8,11-13H2,1H3/t14-/m1/s1. The molecule has 4 heterocycles. The van der Waals surface area contributed by atoms with Gasteiger partial charge in [0.1, 0.15) is 0 Å². The van der Waals surface area contributed by atoms with Gasteiger partial charge in [0.15, 0.2) is 5.82 Å². The molecule has 2 fully saturated rings. The zero-order chi connectivity index (χ0) is 17.3. The minimum atomic E-state index is -0.402. The average molecular weight is 343 g/mol. The molecule has 7 heteroatoms. The second kappa shape index (κ2) is 6.55. The number of ether oxygens (including phenoxy) is 1. The molecule has 4 rings (SSSR count). The highest BCUT2D eigenvalue weighted by Crippen LogP contribution is 2.39. The first kappa shape index (κ1) is 16.2. The van der Waals surface area contributed by atoms with Crippen LogP contribution in [0.15, 0.2) is 36.8 Å². The summed E-state index contributed by atoms with van der Waals surface area (Å²) in [6, 6.07) is 5.71. The second-order valence-electron chi connectivity index (χ2n) is 7.04. The van der Waals surface area contributed by atoms with Gasteiger partial charge in [-0.25, -0.2) is 19.3 Å². The van der Waals surface area contributed by atoms with Gasteiger partial charge in [-0.05, 0) is 38.4 Å². The quantitative estimate of drug-likeness (QED) is 0.846. The molecule has 0 N–H and O–H groups in total. The number of halogens is 1. The van der Waals surface area contributed by atoms with Crippen molar-refractivity contribution >= 4 is 5.95 Å². The van der Waals surface area contributed by atoms with Gasteiger partial charge in [0.05, 0.1) is 24.5 Å². The van der Waals surface area contributed by atoms with Gasteiger partial charge in [-0.1, -0.05) is 6.07 Å². The van der Waals surface area contributed by atoms with Crippen LogP contribution in [0.5, 0.6) is 5.88 Å². The first-order valence-electron chi connectivity index (χ1n) is 8.62. The Morgan fingerprint density at radius 2 is 2.04 bits per heavy atom. The van der Waals surface area contributed by atoms with Crippen LogP contribution in [0.25, 0.3) is 0 Å². The third kappa shape index (κ3) is 3.28. The van der Waals surface area contributed by atoms with Gasteiger partial charge in [-0.15, -0.1) is 0 Å². The van der Waals surface area contributed by atoms with Crippen molar-refractivity contribution in [2.75, 3.05) is 38.2 Å². The minimum absolute atomic E-state index is 0.133. The maximum absolute atomic E-state index is 13.0. The van der Waals surface area contributed by atoms with Gasteiger partial charge >= 0.3 is 0 Å². The van der Waals surface area contributed by atoms with Crippen molar-refractivity contribution in [3.05, 3.63) is 42.6 Å². The largest absolute Gasteiger partial charge is 0.477 e. The molecule has 0 aromatic carbocycles. The Balaban J connectivity index is 1.36. The summed E-state index contributed by atoms with van der Waals surface area (Å²) in [7, 11) is 2.18. The highest BCUT2D eigenvalue weighted by molar-refractivity contribution is 5.38. The van der Waals surface area contributed by atoms with Crippen LogP contribution in [0.2, 0.25) is 0 Å². The van der Waals surface area contributed by atoms with Crippen LogP contribution >= 0.6 is 0 Å². The molecule has 0 aliphatic carbocycles. The van der Waals surface area contributed by atoms with Crippen molar-refractivity contribution in [3.8, 4) is 5.88 Å². The number of aromatic nitrogens is 3. The molecule has 0 bridgehead atoms. The van der Waals surface area contributed by atoms with Crippen LogP contribution in [0.3, 0.4) is 0 Å². The lowest BCUT2D eigenvalue weighted by Crippen LogP contribution is -2.72. The predicted octanol–water partition coefficient (Wildman–Crippen LogP) is 1.99. The van der Waals surface area contributed by atoms with Gasteiger partial charge in [0, 0.05) is 25.4 Å². The van der Waals surface area contributed by atoms with E-state index in [4.69, 9.17) is 4.74 Å². The topological polar surface area (TPSA) is 54.4 Å². The van der Waals surface area contributed by atoms with Gasteiger partial charge < -0.3 is 9.64 Å². The zero-order valence-corrected chi connectivity index (χ0v) is 14.3. The third-order valence-corrected chi connectivity index (χ3v) is 5.32. The number of hydrogen-bond donors (Lipinski definition) is 0. The van der Waals surface area contributed by atoms with Crippen molar-refractivity contribution in [2.45, 2.75) is 18.4 Å². The summed E-state index contributed by atoms with van der Waals surface area (Å²) < 4.78 is 18.8. The zero-order valence-electron chi connectivity index (χ0n) is 14.3. The molecule has 2 aliphatic heterocycles. The molecule has 6 nitrogen and oxygen atoms in total. The number of nitrogens with zero attached hydrogens (tertiary/aromatic N) is 5. The van der Waals surface area contributed by atoms with E-state index >= 15 is 0 Å². The van der Waals surface area contributed by atoms with Gasteiger partial charge in [0.2, 0.25) is 11.8 Å². The highest BCUT2D eigenvalue weighted by Gasteiger charge is 2.50. The Morgan fingerprint density at radius 3 is 2.76 bits per heavy atom. The highest BCUT2D eigenvalue weighted by atomic mass is 19.1. The Hall–Kier alpha value is -2.28. The molecule has 1 atom stereocenters. The molecule has 0 amide bonds. The number of pyridine rings is 1. The Bertz CT molecular complexity index is 705. The van der Waals surface area contributed by atoms with Crippen molar-refractivity contribution in [2.24, 2.45) is 5.92 Å². The van der Waals surface area contributed by atoms with Crippen LogP contribution in [0.1, 0.15) is 12.8 Å². The van der Waals surface area contributed by atoms with Crippen molar-refractivity contribution < 1.29 is 9.13 Å². The molecule has 2 aromatic heterocycles. The molecule has 2 saturated heterocycles. The number of rotatable bonds is 4. The smallest absolute Gasteiger partial charge is 0.225 e. The van der Waals surface area contributed by atoms with E-state index in [1.807, 2.05) is 18.2 Å². The maximum atomic E-state index is 13.0. The normalized spacial score (nSPS) is 22.6. The summed E-state index contributed by atoms with van der Waals surface area (Å²) in [4.78, 5) is 16.9. The van der Waals surface area contributed by atoms with Crippen LogP contribution in [0.4, 0.5) is 10.3 Å². The monoisotopic (exact) mass is 343 g/mol. The third-order valence-electron chi connectivity index (χ3n) is 5.32. The van der Waals surface area contributed by atoms with Crippen molar-refractivity contribution in [1.82, 2.24) is 19.9 Å². The maximum Gasteiger partial charge on any atom is 0.225 e. The first-order chi connectivity index (χ1) is 12.1. The summed E-state index contributed by atoms with van der Waals surface area (Å²) in [6.45, 7) is 3.48. The molecule has 1 spiro atoms. The fraction of sp³-hybridized carbons (Fsp3) is 0.500. The SMILES string of the molecule is CN1CC[C@@H](COc2ccccn2)CC12CN(c1ncc(F)cn1)C2. The molecule has 0 unspecified atom stereocenters. The van der Waals surface area contributed by atoms with E-state index in [2.05, 4.69) is 31.8 Å². The first-order valence-corrected chi connectivity index (χ1v) is 8.62. The number of hydrogen-bond acceptors (Lipinski definition) is 6. The number of piperidine rings is 1. The van der Waals surface area contributed by atoms with Crippen LogP contribution in [-0.2, 0) is 0 Å². The molecular formula is C18H22FN5O. The Morgan fingerprint density at radius 1 is 1.24 bits per heavy atom. The lowest BCUT2D eigenvalue weighted by atomic mass is 9.75. The van der Waals surface area contributed by atoms with Gasteiger partial charge in [-0.3, -0.25) is 4.90 Å². The van der Waals surface area contributed by atoms with E-state index in [0.29, 0.717) is 24.4 Å². The molecule has 2 aromatic rings. The average Bonchev–Trinajstić information content (AvgIpc) is 2.61. The number of likely N-dealkylation sites (N-methyl/N-ethyl adjacent to an activating group) is 1. The van der Waals surface area contributed by atoms with E-state index in [1.165, 1.54) is 12.4 Å². The van der Waals surface area contributed by atoms with Gasteiger partial charge in [0.25, 0.3) is 0 Å². The Kier molecular flexibility index (Phi) is 4.25. The summed E-state index contributed by atoms with van der Waals surface area (Å²) in [6.07, 6.45) is 6.40. The van der Waals surface area contributed by atoms with Gasteiger partial charge in [-0.2, -0.15) is 0 Å². The van der Waals surface area contributed by atoms with Crippen molar-refractivity contribution in [3.63, 3.8) is 0 Å². The summed E-state index contributed by atoms with van der Waals surface area (Å²) in [5.74, 6) is 1.40. The molecular weight excluding hydrogens is 321 g/mol. The van der Waals surface area contributed by atoms with E-state index in [9.17, 15) is 4.39 Å². The van der Waals surface area contributed by atoms with Crippen LogP contribution in [0, 0.1) is 11.7 Å². The van der Waals surface area contributed by atoms with Crippen LogP contribution in [-0.4, -0.2) is 58.7 Å². The summed E-state index contributed by atoms with van der Waals surface area (Å²) >= 11 is 0. The van der Waals surface area contributed by atoms with E-state index in [-0.39, 0.29) is 5.54 Å². The second-order valence-corrected chi connectivity index (χ2v) is 7.04. The molecule has 132 valence electrons. The molecule has 2 aliphatic rings. The minimum Gasteiger partial charge on any atom is -0.477 e.